The summed E-state index contributed by atoms with van der Waals surface area (Å²) >= 11 is 0. The Morgan fingerprint density at radius 2 is 1.67 bits per heavy atom. The van der Waals surface area contributed by atoms with E-state index in [9.17, 15) is 9.59 Å². The van der Waals surface area contributed by atoms with E-state index < -0.39 is 0 Å². The smallest absolute Gasteiger partial charge is 0.338 e. The molecule has 0 aromatic heterocycles. The molecule has 4 nitrogen and oxygen atoms in total. The number of ether oxygens (including phenoxy) is 2. The zero-order valence-corrected chi connectivity index (χ0v) is 18.7. The van der Waals surface area contributed by atoms with Gasteiger partial charge in [-0.25, -0.2) is 4.79 Å². The largest absolute Gasteiger partial charge is 0.469 e. The molecule has 0 saturated carbocycles. The Balaban J connectivity index is 2.43. The number of rotatable bonds is 16. The molecule has 1 atom stereocenters. The van der Waals surface area contributed by atoms with Crippen LogP contribution in [0.25, 0.3) is 0 Å². The summed E-state index contributed by atoms with van der Waals surface area (Å²) in [4.78, 5) is 23.5. The Bertz CT molecular complexity index is 634. The summed E-state index contributed by atoms with van der Waals surface area (Å²) in [5, 5.41) is 0. The van der Waals surface area contributed by atoms with E-state index >= 15 is 0 Å². The molecule has 1 aromatic carbocycles. The number of hydrogen-bond acceptors (Lipinski definition) is 4. The average Bonchev–Trinajstić information content (AvgIpc) is 2.77. The zero-order valence-electron chi connectivity index (χ0n) is 18.7. The molecular weight excluding hydrogens is 376 g/mol. The second-order valence-electron chi connectivity index (χ2n) is 7.50. The molecule has 0 aliphatic carbocycles. The van der Waals surface area contributed by atoms with Crippen molar-refractivity contribution in [2.45, 2.75) is 83.7 Å². The first-order chi connectivity index (χ1) is 14.7. The summed E-state index contributed by atoms with van der Waals surface area (Å²) in [6.45, 7) is 2.20. The van der Waals surface area contributed by atoms with Gasteiger partial charge in [-0.2, -0.15) is 0 Å². The van der Waals surface area contributed by atoms with Crippen LogP contribution in [0.15, 0.2) is 54.6 Å². The van der Waals surface area contributed by atoms with Crippen LogP contribution in [0.1, 0.15) is 87.9 Å². The Hall–Kier alpha value is -2.36. The van der Waals surface area contributed by atoms with Crippen LogP contribution in [-0.4, -0.2) is 25.2 Å². The van der Waals surface area contributed by atoms with E-state index in [-0.39, 0.29) is 18.0 Å². The first kappa shape index (κ1) is 25.7. The fraction of sp³-hybridized carbons (Fsp3) is 0.538. The lowest BCUT2D eigenvalue weighted by atomic mass is 10.1. The third kappa shape index (κ3) is 13.0. The third-order valence-corrected chi connectivity index (χ3v) is 4.91. The lowest BCUT2D eigenvalue weighted by Crippen LogP contribution is -2.16. The van der Waals surface area contributed by atoms with Gasteiger partial charge in [0.2, 0.25) is 0 Å². The van der Waals surface area contributed by atoms with Gasteiger partial charge < -0.3 is 9.47 Å². The summed E-state index contributed by atoms with van der Waals surface area (Å²) in [5.41, 5.74) is 0.578. The van der Waals surface area contributed by atoms with Crippen molar-refractivity contribution < 1.29 is 19.1 Å². The van der Waals surface area contributed by atoms with Crippen LogP contribution in [0, 0.1) is 0 Å². The summed E-state index contributed by atoms with van der Waals surface area (Å²) in [6.07, 6.45) is 19.0. The number of benzene rings is 1. The van der Waals surface area contributed by atoms with Crippen molar-refractivity contribution in [3.05, 3.63) is 60.2 Å². The maximum absolute atomic E-state index is 12.4. The number of esters is 2. The Morgan fingerprint density at radius 1 is 0.933 bits per heavy atom. The standard InChI is InChI=1S/C26H38O4/c1-3-4-5-6-7-9-15-20-24(30-26(28)23-18-13-12-14-19-23)21-16-10-8-11-17-22-25(27)29-2/h7,9,12-15,18-20,24H,3-6,8,10-11,16-17,21-22H2,1-2H3/b9-7-,20-15+/t24-/m0/s1. The highest BCUT2D eigenvalue weighted by molar-refractivity contribution is 5.89. The number of carbonyl (C=O) groups excluding carboxylic acids is 2. The van der Waals surface area contributed by atoms with Crippen molar-refractivity contribution in [2.24, 2.45) is 0 Å². The van der Waals surface area contributed by atoms with Crippen molar-refractivity contribution in [3.63, 3.8) is 0 Å². The fourth-order valence-electron chi connectivity index (χ4n) is 3.10. The number of methoxy groups -OCH3 is 1. The fourth-order valence-corrected chi connectivity index (χ4v) is 3.10. The van der Waals surface area contributed by atoms with Gasteiger partial charge in [-0.1, -0.05) is 75.5 Å². The predicted octanol–water partition coefficient (Wildman–Crippen LogP) is 6.81. The highest BCUT2D eigenvalue weighted by atomic mass is 16.5. The van der Waals surface area contributed by atoms with Gasteiger partial charge in [0.1, 0.15) is 6.10 Å². The van der Waals surface area contributed by atoms with Crippen molar-refractivity contribution in [1.82, 2.24) is 0 Å². The molecule has 30 heavy (non-hydrogen) atoms. The molecule has 0 spiro atoms. The van der Waals surface area contributed by atoms with E-state index in [2.05, 4.69) is 17.7 Å². The van der Waals surface area contributed by atoms with Crippen LogP contribution in [0.4, 0.5) is 0 Å². The first-order valence-electron chi connectivity index (χ1n) is 11.3. The topological polar surface area (TPSA) is 52.6 Å². The Kier molecular flexibility index (Phi) is 15.0. The average molecular weight is 415 g/mol. The van der Waals surface area contributed by atoms with Gasteiger partial charge in [0, 0.05) is 6.42 Å². The number of hydrogen-bond donors (Lipinski definition) is 0. The van der Waals surface area contributed by atoms with Gasteiger partial charge in [-0.05, 0) is 50.3 Å². The number of carbonyl (C=O) groups is 2. The maximum atomic E-state index is 12.4. The second kappa shape index (κ2) is 17.5. The van der Waals surface area contributed by atoms with Gasteiger partial charge in [0.15, 0.2) is 0 Å². The van der Waals surface area contributed by atoms with Gasteiger partial charge in [-0.3, -0.25) is 4.79 Å². The third-order valence-electron chi connectivity index (χ3n) is 4.91. The van der Waals surface area contributed by atoms with Crippen molar-refractivity contribution in [2.75, 3.05) is 7.11 Å². The normalized spacial score (nSPS) is 12.3. The summed E-state index contributed by atoms with van der Waals surface area (Å²) in [6, 6.07) is 9.12. The minimum atomic E-state index is -0.282. The summed E-state index contributed by atoms with van der Waals surface area (Å²) in [7, 11) is 1.42. The van der Waals surface area contributed by atoms with E-state index in [1.54, 1.807) is 12.1 Å². The molecule has 0 aliphatic heterocycles. The quantitative estimate of drug-likeness (QED) is 0.169. The van der Waals surface area contributed by atoms with Gasteiger partial charge in [0.25, 0.3) is 0 Å². The van der Waals surface area contributed by atoms with Crippen molar-refractivity contribution >= 4 is 11.9 Å². The van der Waals surface area contributed by atoms with E-state index in [0.29, 0.717) is 12.0 Å². The van der Waals surface area contributed by atoms with Crippen LogP contribution in [0.2, 0.25) is 0 Å². The van der Waals surface area contributed by atoms with Crippen LogP contribution >= 0.6 is 0 Å². The first-order valence-corrected chi connectivity index (χ1v) is 11.3. The summed E-state index contributed by atoms with van der Waals surface area (Å²) < 4.78 is 10.4. The molecular formula is C26H38O4. The van der Waals surface area contributed by atoms with Crippen LogP contribution in [-0.2, 0) is 14.3 Å². The molecule has 0 saturated heterocycles. The Morgan fingerprint density at radius 3 is 2.40 bits per heavy atom. The molecule has 4 heteroatoms. The summed E-state index contributed by atoms with van der Waals surface area (Å²) in [5.74, 6) is -0.425. The Labute approximate surface area is 182 Å². The molecule has 0 heterocycles. The van der Waals surface area contributed by atoms with E-state index in [4.69, 9.17) is 4.74 Å². The molecule has 0 unspecified atom stereocenters. The molecule has 1 aromatic rings. The zero-order chi connectivity index (χ0) is 21.9. The molecule has 0 N–H and O–H groups in total. The molecule has 166 valence electrons. The van der Waals surface area contributed by atoms with E-state index in [0.717, 1.165) is 44.9 Å². The minimum Gasteiger partial charge on any atom is -0.469 e. The highest BCUT2D eigenvalue weighted by Crippen LogP contribution is 2.14. The van der Waals surface area contributed by atoms with E-state index in [1.807, 2.05) is 36.4 Å². The molecule has 0 radical (unpaired) electrons. The van der Waals surface area contributed by atoms with E-state index in [1.165, 1.54) is 26.4 Å². The lowest BCUT2D eigenvalue weighted by Gasteiger charge is -2.14. The molecule has 0 amide bonds. The number of allylic oxidation sites excluding steroid dienone is 3. The lowest BCUT2D eigenvalue weighted by molar-refractivity contribution is -0.140. The second-order valence-corrected chi connectivity index (χ2v) is 7.50. The number of unbranched alkanes of at least 4 members (excludes halogenated alkanes) is 7. The van der Waals surface area contributed by atoms with Crippen molar-refractivity contribution in [3.8, 4) is 0 Å². The molecule has 0 bridgehead atoms. The monoisotopic (exact) mass is 414 g/mol. The predicted molar refractivity (Wildman–Crippen MR) is 122 cm³/mol. The SMILES string of the molecule is CCCCC/C=C\C=C\[C@@H](CCCCCCCC(=O)OC)OC(=O)c1ccccc1. The van der Waals surface area contributed by atoms with Crippen molar-refractivity contribution in [1.29, 1.82) is 0 Å². The molecule has 0 fully saturated rings. The maximum Gasteiger partial charge on any atom is 0.338 e. The highest BCUT2D eigenvalue weighted by Gasteiger charge is 2.13. The van der Waals surface area contributed by atoms with Crippen LogP contribution in [0.5, 0.6) is 0 Å². The minimum absolute atomic E-state index is 0.143. The van der Waals surface area contributed by atoms with Crippen LogP contribution in [0.3, 0.4) is 0 Å². The van der Waals surface area contributed by atoms with Gasteiger partial charge in [-0.15, -0.1) is 0 Å². The molecule has 1 rings (SSSR count). The van der Waals surface area contributed by atoms with Gasteiger partial charge >= 0.3 is 11.9 Å². The molecule has 0 aliphatic rings. The van der Waals surface area contributed by atoms with Crippen LogP contribution < -0.4 is 0 Å². The van der Waals surface area contributed by atoms with Gasteiger partial charge in [0.05, 0.1) is 12.7 Å².